The van der Waals surface area contributed by atoms with Crippen molar-refractivity contribution >= 4 is 23.1 Å². The third kappa shape index (κ3) is 3.54. The first kappa shape index (κ1) is 16.0. The number of nitrogens with zero attached hydrogens (tertiary/aromatic N) is 3. The molecule has 1 fully saturated rings. The van der Waals surface area contributed by atoms with Crippen molar-refractivity contribution in [2.45, 2.75) is 51.5 Å². The van der Waals surface area contributed by atoms with Gasteiger partial charge in [0, 0.05) is 18.2 Å². The van der Waals surface area contributed by atoms with Crippen LogP contribution < -0.4 is 5.32 Å². The first-order chi connectivity index (χ1) is 11.0. The van der Waals surface area contributed by atoms with Gasteiger partial charge >= 0.3 is 0 Å². The fourth-order valence-corrected chi connectivity index (χ4v) is 3.58. The van der Waals surface area contributed by atoms with Gasteiger partial charge in [-0.25, -0.2) is 14.5 Å². The molecule has 124 valence electrons. The van der Waals surface area contributed by atoms with E-state index in [1.807, 2.05) is 0 Å². The third-order valence-electron chi connectivity index (χ3n) is 4.74. The Morgan fingerprint density at radius 2 is 1.96 bits per heavy atom. The lowest BCUT2D eigenvalue weighted by Gasteiger charge is -2.27. The lowest BCUT2D eigenvalue weighted by Crippen LogP contribution is -2.28. The summed E-state index contributed by atoms with van der Waals surface area (Å²) in [6.07, 6.45) is 10.9. The van der Waals surface area contributed by atoms with Crippen LogP contribution in [0.2, 0.25) is 0 Å². The summed E-state index contributed by atoms with van der Waals surface area (Å²) in [5, 5.41) is 4.84. The Kier molecular flexibility index (Phi) is 4.64. The molecule has 0 aromatic carbocycles. The minimum absolute atomic E-state index is 0.459. The van der Waals surface area contributed by atoms with Crippen LogP contribution in [0.3, 0.4) is 0 Å². The average Bonchev–Trinajstić information content (AvgIpc) is 2.94. The van der Waals surface area contributed by atoms with Crippen molar-refractivity contribution in [1.82, 2.24) is 15.0 Å². The summed E-state index contributed by atoms with van der Waals surface area (Å²) in [5.74, 6) is 2.16. The Bertz CT molecular complexity index is 688. The van der Waals surface area contributed by atoms with Crippen LogP contribution in [0.4, 0.5) is 5.82 Å². The summed E-state index contributed by atoms with van der Waals surface area (Å²) < 4.78 is 2.18. The van der Waals surface area contributed by atoms with Crippen molar-refractivity contribution in [3.63, 3.8) is 0 Å². The molecular formula is C18H28N5+. The van der Waals surface area contributed by atoms with E-state index >= 15 is 0 Å². The molecule has 1 saturated carbocycles. The topological polar surface area (TPSA) is 56.6 Å². The Labute approximate surface area is 138 Å². The van der Waals surface area contributed by atoms with Crippen LogP contribution in [0, 0.1) is 5.92 Å². The van der Waals surface area contributed by atoms with Gasteiger partial charge in [-0.1, -0.05) is 13.8 Å². The van der Waals surface area contributed by atoms with Crippen molar-refractivity contribution < 1.29 is 4.58 Å². The van der Waals surface area contributed by atoms with Crippen LogP contribution in [-0.2, 0) is 0 Å². The number of nitrogens with one attached hydrogen (secondary N) is 2. The molecule has 0 unspecified atom stereocenters. The average molecular weight is 314 g/mol. The number of anilines is 1. The first-order valence-electron chi connectivity index (χ1n) is 8.64. The largest absolute Gasteiger partial charge is 0.367 e. The third-order valence-corrected chi connectivity index (χ3v) is 4.74. The van der Waals surface area contributed by atoms with E-state index in [9.17, 15) is 0 Å². The minimum atomic E-state index is 0.459. The summed E-state index contributed by atoms with van der Waals surface area (Å²) >= 11 is 0. The SMILES string of the molecule is CC(C)c1c[nH]c2ncnc(NC3CCC(C=[N+](C)C)CC3)c12. The standard InChI is InChI=1S/C18H28N5/c1-12(2)15-9-19-17-16(15)18(21-11-20-17)22-14-7-5-13(6-8-14)10-23(3)4/h9-14H,5-8H2,1-4H3,(H2,19,20,21,22)/q+1. The van der Waals surface area contributed by atoms with E-state index in [2.05, 4.69) is 65.2 Å². The molecule has 23 heavy (non-hydrogen) atoms. The number of aromatic amines is 1. The zero-order valence-electron chi connectivity index (χ0n) is 14.6. The second kappa shape index (κ2) is 6.69. The maximum absolute atomic E-state index is 4.53. The van der Waals surface area contributed by atoms with Gasteiger partial charge in [-0.2, -0.15) is 0 Å². The highest BCUT2D eigenvalue weighted by atomic mass is 15.1. The molecule has 1 aliphatic rings. The first-order valence-corrected chi connectivity index (χ1v) is 8.64. The van der Waals surface area contributed by atoms with Gasteiger partial charge in [0.05, 0.1) is 5.39 Å². The summed E-state index contributed by atoms with van der Waals surface area (Å²) in [7, 11) is 4.22. The van der Waals surface area contributed by atoms with Crippen LogP contribution in [0.1, 0.15) is 51.0 Å². The Hall–Kier alpha value is -1.91. The molecule has 5 nitrogen and oxygen atoms in total. The fraction of sp³-hybridized carbons (Fsp3) is 0.611. The zero-order valence-corrected chi connectivity index (χ0v) is 14.6. The Balaban J connectivity index is 1.75. The molecule has 0 radical (unpaired) electrons. The van der Waals surface area contributed by atoms with Gasteiger partial charge in [0.1, 0.15) is 38.1 Å². The van der Waals surface area contributed by atoms with E-state index in [1.165, 1.54) is 31.2 Å². The van der Waals surface area contributed by atoms with Crippen molar-refractivity contribution in [3.05, 3.63) is 18.1 Å². The van der Waals surface area contributed by atoms with Gasteiger partial charge in [-0.05, 0) is 37.2 Å². The van der Waals surface area contributed by atoms with E-state index in [0.29, 0.717) is 17.9 Å². The maximum atomic E-state index is 4.53. The van der Waals surface area contributed by atoms with Crippen molar-refractivity contribution in [2.24, 2.45) is 5.92 Å². The molecule has 2 N–H and O–H groups in total. The summed E-state index contributed by atoms with van der Waals surface area (Å²) in [4.78, 5) is 12.2. The monoisotopic (exact) mass is 314 g/mol. The van der Waals surface area contributed by atoms with Gasteiger partial charge < -0.3 is 10.3 Å². The molecule has 0 saturated heterocycles. The fourth-order valence-electron chi connectivity index (χ4n) is 3.58. The predicted octanol–water partition coefficient (Wildman–Crippen LogP) is 3.39. The molecular weight excluding hydrogens is 286 g/mol. The number of H-pyrrole nitrogens is 1. The van der Waals surface area contributed by atoms with E-state index in [0.717, 1.165) is 16.9 Å². The summed E-state index contributed by atoms with van der Waals surface area (Å²) in [5.41, 5.74) is 2.22. The minimum Gasteiger partial charge on any atom is -0.367 e. The molecule has 1 aliphatic carbocycles. The van der Waals surface area contributed by atoms with Gasteiger partial charge in [0.2, 0.25) is 0 Å². The normalized spacial score (nSPS) is 21.6. The van der Waals surface area contributed by atoms with Gasteiger partial charge in [-0.15, -0.1) is 0 Å². The number of rotatable bonds is 4. The van der Waals surface area contributed by atoms with E-state index in [1.54, 1.807) is 6.33 Å². The Morgan fingerprint density at radius 1 is 1.22 bits per heavy atom. The second-order valence-corrected chi connectivity index (χ2v) is 7.21. The van der Waals surface area contributed by atoms with Gasteiger partial charge in [0.25, 0.3) is 0 Å². The highest BCUT2D eigenvalue weighted by molar-refractivity contribution is 5.90. The molecule has 0 amide bonds. The maximum Gasteiger partial charge on any atom is 0.143 e. The lowest BCUT2D eigenvalue weighted by atomic mass is 9.86. The molecule has 5 heteroatoms. The summed E-state index contributed by atoms with van der Waals surface area (Å²) in [6.45, 7) is 4.42. The van der Waals surface area contributed by atoms with Crippen LogP contribution in [-0.4, -0.2) is 45.9 Å². The van der Waals surface area contributed by atoms with Crippen molar-refractivity contribution in [1.29, 1.82) is 0 Å². The number of aromatic nitrogens is 3. The van der Waals surface area contributed by atoms with Gasteiger partial charge in [-0.3, -0.25) is 0 Å². The van der Waals surface area contributed by atoms with E-state index in [-0.39, 0.29) is 0 Å². The molecule has 0 atom stereocenters. The van der Waals surface area contributed by atoms with Crippen molar-refractivity contribution in [2.75, 3.05) is 19.4 Å². The lowest BCUT2D eigenvalue weighted by molar-refractivity contribution is -0.462. The molecule has 2 heterocycles. The second-order valence-electron chi connectivity index (χ2n) is 7.21. The van der Waals surface area contributed by atoms with Crippen LogP contribution in [0.5, 0.6) is 0 Å². The molecule has 2 aromatic heterocycles. The number of hydrogen-bond acceptors (Lipinski definition) is 3. The Morgan fingerprint density at radius 3 is 2.61 bits per heavy atom. The highest BCUT2D eigenvalue weighted by Crippen LogP contribution is 2.31. The van der Waals surface area contributed by atoms with E-state index in [4.69, 9.17) is 0 Å². The summed E-state index contributed by atoms with van der Waals surface area (Å²) in [6, 6.07) is 0.509. The van der Waals surface area contributed by atoms with E-state index < -0.39 is 0 Å². The van der Waals surface area contributed by atoms with Crippen LogP contribution >= 0.6 is 0 Å². The zero-order chi connectivity index (χ0) is 16.4. The van der Waals surface area contributed by atoms with Gasteiger partial charge in [0.15, 0.2) is 0 Å². The highest BCUT2D eigenvalue weighted by Gasteiger charge is 2.23. The molecule has 0 aliphatic heterocycles. The number of fused-ring (bicyclic) bond motifs is 1. The molecule has 2 aromatic rings. The van der Waals surface area contributed by atoms with Crippen molar-refractivity contribution in [3.8, 4) is 0 Å². The predicted molar refractivity (Wildman–Crippen MR) is 95.5 cm³/mol. The number of hydrogen-bond donors (Lipinski definition) is 2. The molecule has 0 bridgehead atoms. The quantitative estimate of drug-likeness (QED) is 0.672. The van der Waals surface area contributed by atoms with Crippen LogP contribution in [0.25, 0.3) is 11.0 Å². The molecule has 0 spiro atoms. The smallest absolute Gasteiger partial charge is 0.143 e. The van der Waals surface area contributed by atoms with Crippen LogP contribution in [0.15, 0.2) is 12.5 Å². The molecule has 3 rings (SSSR count).